The van der Waals surface area contributed by atoms with Crippen LogP contribution in [0.15, 0.2) is 95.9 Å². The molecule has 0 aliphatic carbocycles. The summed E-state index contributed by atoms with van der Waals surface area (Å²) in [4.78, 5) is 30.6. The standard InChI is InChI=1S/C36H34N6O2/c1-35(2,3)22-17-18-37-29(19-22)41-27-13-9-7-11-24(27)25-15-16-31(40-33(25)41)44-32-21-23(36(4,5)6)20-30(39-32)42-28-14-10-8-12-26(28)38-34(42)43/h7-21H,1-6H3,(H,38,43). The summed E-state index contributed by atoms with van der Waals surface area (Å²) in [6.45, 7) is 12.9. The molecule has 220 valence electrons. The van der Waals surface area contributed by atoms with Gasteiger partial charge in [-0.15, -0.1) is 0 Å². The van der Waals surface area contributed by atoms with Gasteiger partial charge in [-0.25, -0.2) is 14.3 Å². The molecule has 2 aromatic carbocycles. The van der Waals surface area contributed by atoms with Gasteiger partial charge in [-0.2, -0.15) is 9.97 Å². The van der Waals surface area contributed by atoms with Crippen molar-refractivity contribution in [3.63, 3.8) is 0 Å². The van der Waals surface area contributed by atoms with Gasteiger partial charge in [0, 0.05) is 29.1 Å². The van der Waals surface area contributed by atoms with Crippen molar-refractivity contribution in [3.8, 4) is 23.4 Å². The summed E-state index contributed by atoms with van der Waals surface area (Å²) in [6, 6.07) is 27.8. The summed E-state index contributed by atoms with van der Waals surface area (Å²) in [5, 5.41) is 2.08. The van der Waals surface area contributed by atoms with Gasteiger partial charge in [-0.3, -0.25) is 4.57 Å². The number of imidazole rings is 1. The molecule has 5 aromatic heterocycles. The monoisotopic (exact) mass is 582 g/mol. The van der Waals surface area contributed by atoms with Gasteiger partial charge in [0.25, 0.3) is 0 Å². The van der Waals surface area contributed by atoms with Crippen LogP contribution >= 0.6 is 0 Å². The molecule has 0 saturated carbocycles. The van der Waals surface area contributed by atoms with E-state index in [-0.39, 0.29) is 16.5 Å². The van der Waals surface area contributed by atoms with E-state index < -0.39 is 0 Å². The highest BCUT2D eigenvalue weighted by molar-refractivity contribution is 6.07. The first-order chi connectivity index (χ1) is 21.0. The summed E-state index contributed by atoms with van der Waals surface area (Å²) in [5.41, 5.74) is 4.89. The predicted octanol–water partition coefficient (Wildman–Crippen LogP) is 7.99. The highest BCUT2D eigenvalue weighted by atomic mass is 16.5. The average Bonchev–Trinajstić information content (AvgIpc) is 3.49. The number of para-hydroxylation sites is 3. The van der Waals surface area contributed by atoms with E-state index in [1.165, 1.54) is 5.56 Å². The number of nitrogens with one attached hydrogen (secondary N) is 1. The lowest BCUT2D eigenvalue weighted by Gasteiger charge is -2.21. The molecule has 8 nitrogen and oxygen atoms in total. The van der Waals surface area contributed by atoms with E-state index in [4.69, 9.17) is 19.7 Å². The van der Waals surface area contributed by atoms with Crippen LogP contribution in [0.4, 0.5) is 0 Å². The average molecular weight is 583 g/mol. The number of aromatic amines is 1. The maximum Gasteiger partial charge on any atom is 0.332 e. The highest BCUT2D eigenvalue weighted by Crippen LogP contribution is 2.35. The number of nitrogens with zero attached hydrogens (tertiary/aromatic N) is 5. The number of hydrogen-bond donors (Lipinski definition) is 1. The Hall–Kier alpha value is -5.24. The molecule has 0 fully saturated rings. The molecule has 0 amide bonds. The first-order valence-corrected chi connectivity index (χ1v) is 14.7. The molecule has 8 heteroatoms. The summed E-state index contributed by atoms with van der Waals surface area (Å²) in [6.07, 6.45) is 1.85. The van der Waals surface area contributed by atoms with E-state index in [1.807, 2.05) is 66.9 Å². The quantitative estimate of drug-likeness (QED) is 0.227. The van der Waals surface area contributed by atoms with Crippen molar-refractivity contribution in [2.75, 3.05) is 0 Å². The number of rotatable bonds is 4. The van der Waals surface area contributed by atoms with Crippen LogP contribution in [-0.4, -0.2) is 29.1 Å². The Labute approximate surface area is 255 Å². The minimum absolute atomic E-state index is 0.0354. The topological polar surface area (TPSA) is 90.6 Å². The third kappa shape index (κ3) is 4.72. The van der Waals surface area contributed by atoms with E-state index in [2.05, 4.69) is 75.4 Å². The molecule has 0 radical (unpaired) electrons. The number of H-pyrrole nitrogens is 1. The Morgan fingerprint density at radius 2 is 1.36 bits per heavy atom. The zero-order valence-electron chi connectivity index (χ0n) is 25.7. The van der Waals surface area contributed by atoms with Gasteiger partial charge in [-0.05, 0) is 64.4 Å². The molecule has 0 aliphatic heterocycles. The Morgan fingerprint density at radius 3 is 2.14 bits per heavy atom. The lowest BCUT2D eigenvalue weighted by molar-refractivity contribution is 0.442. The number of benzene rings is 2. The molecule has 0 aliphatic rings. The van der Waals surface area contributed by atoms with Crippen LogP contribution in [0.3, 0.4) is 0 Å². The van der Waals surface area contributed by atoms with Crippen LogP contribution in [0.25, 0.3) is 44.6 Å². The molecular formula is C36H34N6O2. The van der Waals surface area contributed by atoms with Gasteiger partial charge in [0.1, 0.15) is 11.6 Å². The fourth-order valence-corrected chi connectivity index (χ4v) is 5.60. The number of pyridine rings is 3. The molecule has 0 spiro atoms. The third-order valence-electron chi connectivity index (χ3n) is 8.02. The maximum atomic E-state index is 13.1. The zero-order valence-corrected chi connectivity index (χ0v) is 25.7. The van der Waals surface area contributed by atoms with Gasteiger partial charge < -0.3 is 9.72 Å². The highest BCUT2D eigenvalue weighted by Gasteiger charge is 2.22. The molecule has 44 heavy (non-hydrogen) atoms. The van der Waals surface area contributed by atoms with E-state index in [9.17, 15) is 4.79 Å². The van der Waals surface area contributed by atoms with Crippen LogP contribution in [0.2, 0.25) is 0 Å². The van der Waals surface area contributed by atoms with Gasteiger partial charge in [0.15, 0.2) is 5.65 Å². The van der Waals surface area contributed by atoms with Gasteiger partial charge in [-0.1, -0.05) is 71.9 Å². The van der Waals surface area contributed by atoms with Crippen molar-refractivity contribution in [2.45, 2.75) is 52.4 Å². The lowest BCUT2D eigenvalue weighted by Crippen LogP contribution is -2.18. The molecule has 7 aromatic rings. The summed E-state index contributed by atoms with van der Waals surface area (Å²) >= 11 is 0. The largest absolute Gasteiger partial charge is 0.421 e. The SMILES string of the molecule is CC(C)(C)c1cc(Oc2ccc3c4ccccc4n(-c4cc(C(C)(C)C)ccn4)c3n2)nc(-n2c(=O)[nH]c3ccccc32)c1. The number of fused-ring (bicyclic) bond motifs is 4. The first-order valence-electron chi connectivity index (χ1n) is 14.7. The second kappa shape index (κ2) is 9.91. The van der Waals surface area contributed by atoms with Crippen LogP contribution in [0.1, 0.15) is 52.7 Å². The second-order valence-corrected chi connectivity index (χ2v) is 13.2. The molecular weight excluding hydrogens is 548 g/mol. The summed E-state index contributed by atoms with van der Waals surface area (Å²) < 4.78 is 10.1. The maximum absolute atomic E-state index is 13.1. The van der Waals surface area contributed by atoms with Crippen molar-refractivity contribution in [2.24, 2.45) is 0 Å². The fourth-order valence-electron chi connectivity index (χ4n) is 5.60. The molecule has 0 unspecified atom stereocenters. The minimum atomic E-state index is -0.259. The summed E-state index contributed by atoms with van der Waals surface area (Å²) in [5.74, 6) is 2.02. The second-order valence-electron chi connectivity index (χ2n) is 13.2. The van der Waals surface area contributed by atoms with Crippen molar-refractivity contribution >= 4 is 33.0 Å². The molecule has 7 rings (SSSR count). The zero-order chi connectivity index (χ0) is 30.8. The molecule has 0 atom stereocenters. The molecule has 5 heterocycles. The third-order valence-corrected chi connectivity index (χ3v) is 8.02. The van der Waals surface area contributed by atoms with E-state index in [0.29, 0.717) is 17.6 Å². The van der Waals surface area contributed by atoms with Crippen LogP contribution in [0, 0.1) is 0 Å². The Balaban J connectivity index is 1.39. The molecule has 0 bridgehead atoms. The van der Waals surface area contributed by atoms with Crippen LogP contribution < -0.4 is 10.4 Å². The van der Waals surface area contributed by atoms with Crippen molar-refractivity contribution < 1.29 is 4.74 Å². The Kier molecular flexibility index (Phi) is 6.21. The smallest absolute Gasteiger partial charge is 0.332 e. The van der Waals surface area contributed by atoms with E-state index >= 15 is 0 Å². The molecule has 0 saturated heterocycles. The minimum Gasteiger partial charge on any atom is -0.421 e. The number of aromatic nitrogens is 6. The van der Waals surface area contributed by atoms with Crippen molar-refractivity contribution in [1.29, 1.82) is 0 Å². The van der Waals surface area contributed by atoms with E-state index in [0.717, 1.165) is 44.4 Å². The Morgan fingerprint density at radius 1 is 0.659 bits per heavy atom. The lowest BCUT2D eigenvalue weighted by atomic mass is 9.87. The van der Waals surface area contributed by atoms with Crippen LogP contribution in [0.5, 0.6) is 11.8 Å². The predicted molar refractivity (Wildman–Crippen MR) is 176 cm³/mol. The van der Waals surface area contributed by atoms with Gasteiger partial charge >= 0.3 is 5.69 Å². The van der Waals surface area contributed by atoms with Gasteiger partial charge in [0.2, 0.25) is 11.8 Å². The van der Waals surface area contributed by atoms with E-state index in [1.54, 1.807) is 4.57 Å². The number of hydrogen-bond acceptors (Lipinski definition) is 5. The number of ether oxygens (including phenoxy) is 1. The molecule has 1 N–H and O–H groups in total. The Bertz CT molecular complexity index is 2260. The first kappa shape index (κ1) is 27.6. The van der Waals surface area contributed by atoms with Crippen molar-refractivity contribution in [1.82, 2.24) is 29.1 Å². The summed E-state index contributed by atoms with van der Waals surface area (Å²) in [7, 11) is 0. The fraction of sp³-hybridized carbons (Fsp3) is 0.222. The van der Waals surface area contributed by atoms with Crippen molar-refractivity contribution in [3.05, 3.63) is 113 Å². The van der Waals surface area contributed by atoms with Crippen LogP contribution in [-0.2, 0) is 10.8 Å². The normalized spacial score (nSPS) is 12.4. The van der Waals surface area contributed by atoms with Gasteiger partial charge in [0.05, 0.1) is 16.6 Å².